The zero-order valence-corrected chi connectivity index (χ0v) is 10.7. The molecule has 0 saturated heterocycles. The molecule has 3 heteroatoms. The summed E-state index contributed by atoms with van der Waals surface area (Å²) in [7, 11) is 0. The largest absolute Gasteiger partial charge is 0.512 e. The first kappa shape index (κ1) is 12.2. The van der Waals surface area contributed by atoms with E-state index in [4.69, 9.17) is 0 Å². The van der Waals surface area contributed by atoms with Crippen molar-refractivity contribution >= 4 is 17.5 Å². The second kappa shape index (κ2) is 5.41. The summed E-state index contributed by atoms with van der Waals surface area (Å²) in [5.74, 6) is 0.391. The van der Waals surface area contributed by atoms with Gasteiger partial charge in [0.25, 0.3) is 0 Å². The monoisotopic (exact) mass is 248 g/mol. The number of rotatable bonds is 3. The molecule has 1 aromatic carbocycles. The van der Waals surface area contributed by atoms with E-state index in [1.165, 1.54) is 0 Å². The van der Waals surface area contributed by atoms with Crippen LogP contribution in [0.2, 0.25) is 0 Å². The highest BCUT2D eigenvalue weighted by Gasteiger charge is 2.25. The lowest BCUT2D eigenvalue weighted by molar-refractivity contribution is -0.116. The topological polar surface area (TPSA) is 37.3 Å². The Balaban J connectivity index is 2.15. The maximum absolute atomic E-state index is 11.8. The van der Waals surface area contributed by atoms with E-state index in [0.29, 0.717) is 18.4 Å². The van der Waals surface area contributed by atoms with Crippen molar-refractivity contribution in [1.29, 1.82) is 0 Å². The molecule has 90 valence electrons. The van der Waals surface area contributed by atoms with Crippen molar-refractivity contribution in [1.82, 2.24) is 0 Å². The molecular formula is C14H16O2S. The number of thioether (sulfide) groups is 1. The van der Waals surface area contributed by atoms with Crippen LogP contribution in [0.25, 0.3) is 0 Å². The highest BCUT2D eigenvalue weighted by Crippen LogP contribution is 2.32. The van der Waals surface area contributed by atoms with Gasteiger partial charge in [-0.15, -0.1) is 11.8 Å². The Kier molecular flexibility index (Phi) is 3.89. The molecule has 0 saturated carbocycles. The second-order valence-corrected chi connectivity index (χ2v) is 5.62. The molecule has 0 bridgehead atoms. The van der Waals surface area contributed by atoms with Gasteiger partial charge in [0.2, 0.25) is 0 Å². The molecule has 0 aromatic heterocycles. The highest BCUT2D eigenvalue weighted by atomic mass is 32.2. The molecule has 1 aromatic rings. The SMILES string of the molecule is C[C@H](Sc1ccccc1)C1=C(O)CCCC1=O. The van der Waals surface area contributed by atoms with Crippen molar-refractivity contribution in [3.8, 4) is 0 Å². The summed E-state index contributed by atoms with van der Waals surface area (Å²) in [4.78, 5) is 12.9. The molecule has 2 rings (SSSR count). The number of hydrogen-bond donors (Lipinski definition) is 1. The summed E-state index contributed by atoms with van der Waals surface area (Å²) in [6.45, 7) is 1.98. The number of carbonyl (C=O) groups is 1. The van der Waals surface area contributed by atoms with Gasteiger partial charge in [-0.3, -0.25) is 4.79 Å². The van der Waals surface area contributed by atoms with E-state index in [-0.39, 0.29) is 16.8 Å². The number of aliphatic hydroxyl groups excluding tert-OH is 1. The summed E-state index contributed by atoms with van der Waals surface area (Å²) in [6.07, 6.45) is 1.98. The van der Waals surface area contributed by atoms with Crippen molar-refractivity contribution in [3.05, 3.63) is 41.7 Å². The maximum Gasteiger partial charge on any atom is 0.163 e. The van der Waals surface area contributed by atoms with Crippen LogP contribution in [0.15, 0.2) is 46.6 Å². The zero-order chi connectivity index (χ0) is 12.3. The molecule has 0 unspecified atom stereocenters. The molecule has 0 heterocycles. The third kappa shape index (κ3) is 2.91. The fourth-order valence-electron chi connectivity index (χ4n) is 2.07. The molecule has 2 nitrogen and oxygen atoms in total. The average molecular weight is 248 g/mol. The van der Waals surface area contributed by atoms with E-state index in [2.05, 4.69) is 0 Å². The van der Waals surface area contributed by atoms with Crippen LogP contribution in [0.5, 0.6) is 0 Å². The van der Waals surface area contributed by atoms with Gasteiger partial charge < -0.3 is 5.11 Å². The van der Waals surface area contributed by atoms with Gasteiger partial charge in [0.1, 0.15) is 5.76 Å². The fraction of sp³-hybridized carbons (Fsp3) is 0.357. The normalized spacial score (nSPS) is 18.3. The Labute approximate surface area is 106 Å². The van der Waals surface area contributed by atoms with Gasteiger partial charge in [-0.2, -0.15) is 0 Å². The van der Waals surface area contributed by atoms with E-state index in [0.717, 1.165) is 11.3 Å². The van der Waals surface area contributed by atoms with E-state index in [1.54, 1.807) is 11.8 Å². The first-order chi connectivity index (χ1) is 8.18. The van der Waals surface area contributed by atoms with Crippen LogP contribution in [-0.4, -0.2) is 16.1 Å². The third-order valence-electron chi connectivity index (χ3n) is 2.89. The quantitative estimate of drug-likeness (QED) is 0.828. The van der Waals surface area contributed by atoms with Gasteiger partial charge in [0, 0.05) is 28.6 Å². The van der Waals surface area contributed by atoms with E-state index in [1.807, 2.05) is 37.3 Å². The molecule has 0 radical (unpaired) electrons. The van der Waals surface area contributed by atoms with Gasteiger partial charge in [-0.05, 0) is 25.5 Å². The number of benzene rings is 1. The molecule has 0 aliphatic heterocycles. The van der Waals surface area contributed by atoms with Crippen LogP contribution < -0.4 is 0 Å². The van der Waals surface area contributed by atoms with E-state index >= 15 is 0 Å². The Bertz CT molecular complexity index is 437. The Hall–Kier alpha value is -1.22. The second-order valence-electron chi connectivity index (χ2n) is 4.21. The first-order valence-corrected chi connectivity index (χ1v) is 6.73. The van der Waals surface area contributed by atoms with E-state index < -0.39 is 0 Å². The van der Waals surface area contributed by atoms with Gasteiger partial charge >= 0.3 is 0 Å². The van der Waals surface area contributed by atoms with Crippen molar-refractivity contribution in [2.45, 2.75) is 36.3 Å². The Morgan fingerprint density at radius 2 is 1.94 bits per heavy atom. The molecule has 0 amide bonds. The summed E-state index contributed by atoms with van der Waals surface area (Å²) in [5.41, 5.74) is 0.616. The van der Waals surface area contributed by atoms with E-state index in [9.17, 15) is 9.90 Å². The van der Waals surface area contributed by atoms with Gasteiger partial charge in [-0.25, -0.2) is 0 Å². The summed E-state index contributed by atoms with van der Waals surface area (Å²) in [5, 5.41) is 9.85. The number of hydrogen-bond acceptors (Lipinski definition) is 3. The van der Waals surface area contributed by atoms with Gasteiger partial charge in [0.05, 0.1) is 0 Å². The van der Waals surface area contributed by atoms with Gasteiger partial charge in [0.15, 0.2) is 5.78 Å². The van der Waals surface area contributed by atoms with Crippen molar-refractivity contribution in [2.24, 2.45) is 0 Å². The predicted molar refractivity (Wildman–Crippen MR) is 70.3 cm³/mol. The number of aliphatic hydroxyl groups is 1. The predicted octanol–water partition coefficient (Wildman–Crippen LogP) is 3.73. The van der Waals surface area contributed by atoms with Crippen LogP contribution in [0.4, 0.5) is 0 Å². The molecular weight excluding hydrogens is 232 g/mol. The lowest BCUT2D eigenvalue weighted by atomic mass is 9.94. The summed E-state index contributed by atoms with van der Waals surface area (Å²) in [6, 6.07) is 9.97. The molecule has 1 N–H and O–H groups in total. The number of ketones is 1. The number of carbonyl (C=O) groups excluding carboxylic acids is 1. The van der Waals surface area contributed by atoms with Crippen LogP contribution in [0.1, 0.15) is 26.2 Å². The van der Waals surface area contributed by atoms with Crippen molar-refractivity contribution < 1.29 is 9.90 Å². The fourth-order valence-corrected chi connectivity index (χ4v) is 3.18. The van der Waals surface area contributed by atoms with Crippen LogP contribution >= 0.6 is 11.8 Å². The lowest BCUT2D eigenvalue weighted by Crippen LogP contribution is -2.19. The highest BCUT2D eigenvalue weighted by molar-refractivity contribution is 8.00. The van der Waals surface area contributed by atoms with Gasteiger partial charge in [-0.1, -0.05) is 18.2 Å². The Morgan fingerprint density at radius 3 is 2.59 bits per heavy atom. The average Bonchev–Trinajstić information content (AvgIpc) is 2.30. The molecule has 1 atom stereocenters. The standard InChI is InChI=1S/C14H16O2S/c1-10(17-11-6-3-2-4-7-11)14-12(15)8-5-9-13(14)16/h2-4,6-7,10,15H,5,8-9H2,1H3/t10-/m0/s1. The van der Waals surface area contributed by atoms with Crippen molar-refractivity contribution in [2.75, 3.05) is 0 Å². The molecule has 1 aliphatic carbocycles. The minimum absolute atomic E-state index is 0.0187. The zero-order valence-electron chi connectivity index (χ0n) is 9.85. The van der Waals surface area contributed by atoms with Crippen molar-refractivity contribution in [3.63, 3.8) is 0 Å². The first-order valence-electron chi connectivity index (χ1n) is 5.85. The number of Topliss-reactive ketones (excluding diaryl/α,β-unsaturated/α-hetero) is 1. The smallest absolute Gasteiger partial charge is 0.163 e. The third-order valence-corrected chi connectivity index (χ3v) is 4.02. The molecule has 1 aliphatic rings. The Morgan fingerprint density at radius 1 is 1.24 bits per heavy atom. The minimum atomic E-state index is 0.0187. The van der Waals surface area contributed by atoms with Crippen LogP contribution in [-0.2, 0) is 4.79 Å². The van der Waals surface area contributed by atoms with Crippen LogP contribution in [0.3, 0.4) is 0 Å². The van der Waals surface area contributed by atoms with Crippen LogP contribution in [0, 0.1) is 0 Å². The molecule has 17 heavy (non-hydrogen) atoms. The minimum Gasteiger partial charge on any atom is -0.512 e. The molecule has 0 spiro atoms. The lowest BCUT2D eigenvalue weighted by Gasteiger charge is -2.20. The summed E-state index contributed by atoms with van der Waals surface area (Å²) >= 11 is 1.62. The number of allylic oxidation sites excluding steroid dienone is 1. The summed E-state index contributed by atoms with van der Waals surface area (Å²) < 4.78 is 0. The molecule has 0 fully saturated rings. The maximum atomic E-state index is 11.8.